The molecule has 1 aromatic heterocycles. The molecule has 1 N–H and O–H groups in total. The summed E-state index contributed by atoms with van der Waals surface area (Å²) in [5, 5.41) is 2.90. The van der Waals surface area contributed by atoms with Gasteiger partial charge in [-0.15, -0.1) is 0 Å². The second-order valence-electron chi connectivity index (χ2n) is 7.19. The summed E-state index contributed by atoms with van der Waals surface area (Å²) in [5.74, 6) is 0.944. The number of rotatable bonds is 6. The predicted octanol–water partition coefficient (Wildman–Crippen LogP) is 5.54. The van der Waals surface area contributed by atoms with Crippen LogP contribution in [0.2, 0.25) is 0 Å². The molecule has 0 radical (unpaired) electrons. The monoisotopic (exact) mass is 434 g/mol. The molecule has 0 aliphatic rings. The van der Waals surface area contributed by atoms with Crippen molar-refractivity contribution in [3.63, 3.8) is 0 Å². The molecule has 0 bridgehead atoms. The fourth-order valence-electron chi connectivity index (χ4n) is 3.02. The van der Waals surface area contributed by atoms with E-state index in [-0.39, 0.29) is 21.7 Å². The number of hydrogen-bond donors (Lipinski definition) is 1. The minimum absolute atomic E-state index is 0.0650. The summed E-state index contributed by atoms with van der Waals surface area (Å²) in [4.78, 5) is 4.51. The SMILES string of the molecule is COc1ccc(-c2nc(S(=O)(=O)c3ccc(C)cc3)c(Nc3ccc(C)cc3)o2)cc1. The zero-order chi connectivity index (χ0) is 22.0. The Bertz CT molecular complexity index is 1290. The summed E-state index contributed by atoms with van der Waals surface area (Å²) in [6.45, 7) is 3.88. The van der Waals surface area contributed by atoms with Gasteiger partial charge in [0.1, 0.15) is 5.75 Å². The number of aromatic nitrogens is 1. The summed E-state index contributed by atoms with van der Waals surface area (Å²) in [6, 6.07) is 21.3. The molecule has 0 aliphatic heterocycles. The Kier molecular flexibility index (Phi) is 5.52. The van der Waals surface area contributed by atoms with Crippen molar-refractivity contribution in [3.8, 4) is 17.2 Å². The second-order valence-corrected chi connectivity index (χ2v) is 9.05. The normalized spacial score (nSPS) is 11.3. The van der Waals surface area contributed by atoms with Crippen molar-refractivity contribution in [2.24, 2.45) is 0 Å². The van der Waals surface area contributed by atoms with Gasteiger partial charge in [-0.25, -0.2) is 8.42 Å². The Morgan fingerprint density at radius 3 is 2.00 bits per heavy atom. The average Bonchev–Trinajstić information content (AvgIpc) is 3.20. The van der Waals surface area contributed by atoms with Crippen LogP contribution in [0.3, 0.4) is 0 Å². The number of ether oxygens (including phenoxy) is 1. The van der Waals surface area contributed by atoms with Gasteiger partial charge in [-0.05, 0) is 62.4 Å². The lowest BCUT2D eigenvalue weighted by molar-refractivity contribution is 0.415. The molecule has 0 atom stereocenters. The lowest BCUT2D eigenvalue weighted by Crippen LogP contribution is -2.05. The molecule has 0 fully saturated rings. The Morgan fingerprint density at radius 1 is 0.839 bits per heavy atom. The van der Waals surface area contributed by atoms with Gasteiger partial charge in [0.2, 0.25) is 26.6 Å². The molecule has 1 heterocycles. The molecule has 0 saturated heterocycles. The van der Waals surface area contributed by atoms with Gasteiger partial charge >= 0.3 is 0 Å². The van der Waals surface area contributed by atoms with E-state index in [1.807, 2.05) is 38.1 Å². The fraction of sp³-hybridized carbons (Fsp3) is 0.125. The van der Waals surface area contributed by atoms with Crippen molar-refractivity contribution in [1.29, 1.82) is 0 Å². The van der Waals surface area contributed by atoms with Crippen LogP contribution in [0.1, 0.15) is 11.1 Å². The van der Waals surface area contributed by atoms with Gasteiger partial charge in [-0.2, -0.15) is 4.98 Å². The van der Waals surface area contributed by atoms with Crippen LogP contribution < -0.4 is 10.1 Å². The maximum Gasteiger partial charge on any atom is 0.238 e. The fourth-order valence-corrected chi connectivity index (χ4v) is 4.28. The summed E-state index contributed by atoms with van der Waals surface area (Å²) < 4.78 is 37.8. The van der Waals surface area contributed by atoms with E-state index < -0.39 is 9.84 Å². The number of nitrogens with zero attached hydrogens (tertiary/aromatic N) is 1. The van der Waals surface area contributed by atoms with Crippen LogP contribution in [0.15, 0.2) is 87.1 Å². The zero-order valence-electron chi connectivity index (χ0n) is 17.4. The Balaban J connectivity index is 1.81. The van der Waals surface area contributed by atoms with E-state index >= 15 is 0 Å². The minimum atomic E-state index is -3.91. The Labute approximate surface area is 181 Å². The number of methoxy groups -OCH3 is 1. The summed E-state index contributed by atoms with van der Waals surface area (Å²) in [6.07, 6.45) is 0. The average molecular weight is 435 g/mol. The number of aryl methyl sites for hydroxylation is 2. The number of sulfone groups is 1. The lowest BCUT2D eigenvalue weighted by atomic mass is 10.2. The van der Waals surface area contributed by atoms with Crippen LogP contribution in [0, 0.1) is 13.8 Å². The highest BCUT2D eigenvalue weighted by Gasteiger charge is 2.28. The van der Waals surface area contributed by atoms with Gasteiger partial charge in [0.15, 0.2) is 0 Å². The molecule has 6 nitrogen and oxygen atoms in total. The third-order valence-electron chi connectivity index (χ3n) is 4.83. The number of nitrogens with one attached hydrogen (secondary N) is 1. The molecule has 4 rings (SSSR count). The van der Waals surface area contributed by atoms with Crippen molar-refractivity contribution in [2.75, 3.05) is 12.4 Å². The van der Waals surface area contributed by atoms with E-state index in [1.54, 1.807) is 55.6 Å². The van der Waals surface area contributed by atoms with Gasteiger partial charge in [0, 0.05) is 11.3 Å². The van der Waals surface area contributed by atoms with Crippen LogP contribution in [-0.4, -0.2) is 20.5 Å². The molecular weight excluding hydrogens is 412 g/mol. The number of benzene rings is 3. The molecule has 0 saturated carbocycles. The molecule has 0 amide bonds. The highest BCUT2D eigenvalue weighted by atomic mass is 32.2. The maximum absolute atomic E-state index is 13.4. The van der Waals surface area contributed by atoms with Gasteiger partial charge in [0.25, 0.3) is 0 Å². The zero-order valence-corrected chi connectivity index (χ0v) is 18.2. The highest BCUT2D eigenvalue weighted by molar-refractivity contribution is 7.91. The van der Waals surface area contributed by atoms with E-state index in [9.17, 15) is 8.42 Å². The first kappa shape index (κ1) is 20.7. The molecule has 0 spiro atoms. The molecule has 4 aromatic rings. The van der Waals surface area contributed by atoms with Crippen LogP contribution in [-0.2, 0) is 9.84 Å². The summed E-state index contributed by atoms with van der Waals surface area (Å²) >= 11 is 0. The number of hydrogen-bond acceptors (Lipinski definition) is 6. The third kappa shape index (κ3) is 4.32. The van der Waals surface area contributed by atoms with Crippen molar-refractivity contribution >= 4 is 21.4 Å². The number of anilines is 2. The molecule has 3 aromatic carbocycles. The van der Waals surface area contributed by atoms with Crippen molar-refractivity contribution in [1.82, 2.24) is 4.98 Å². The topological polar surface area (TPSA) is 81.4 Å². The molecule has 158 valence electrons. The van der Waals surface area contributed by atoms with Crippen molar-refractivity contribution in [3.05, 3.63) is 83.9 Å². The second kappa shape index (κ2) is 8.28. The summed E-state index contributed by atoms with van der Waals surface area (Å²) in [5.41, 5.74) is 3.40. The first-order valence-corrected chi connectivity index (χ1v) is 11.2. The van der Waals surface area contributed by atoms with E-state index in [4.69, 9.17) is 9.15 Å². The van der Waals surface area contributed by atoms with E-state index in [2.05, 4.69) is 10.3 Å². The van der Waals surface area contributed by atoms with Crippen molar-refractivity contribution < 1.29 is 17.6 Å². The largest absolute Gasteiger partial charge is 0.497 e. The molecule has 0 unspecified atom stereocenters. The first-order chi connectivity index (χ1) is 14.9. The molecule has 0 aliphatic carbocycles. The third-order valence-corrected chi connectivity index (χ3v) is 6.51. The van der Waals surface area contributed by atoms with Gasteiger partial charge in [-0.1, -0.05) is 35.4 Å². The number of oxazole rings is 1. The van der Waals surface area contributed by atoms with Gasteiger partial charge in [0.05, 0.1) is 12.0 Å². The lowest BCUT2D eigenvalue weighted by Gasteiger charge is -2.07. The van der Waals surface area contributed by atoms with E-state index in [0.717, 1.165) is 11.1 Å². The smallest absolute Gasteiger partial charge is 0.238 e. The predicted molar refractivity (Wildman–Crippen MR) is 120 cm³/mol. The van der Waals surface area contributed by atoms with Crippen LogP contribution in [0.25, 0.3) is 11.5 Å². The van der Waals surface area contributed by atoms with Crippen LogP contribution >= 0.6 is 0 Å². The minimum Gasteiger partial charge on any atom is -0.497 e. The van der Waals surface area contributed by atoms with Gasteiger partial charge in [-0.3, -0.25) is 0 Å². The Hall–Kier alpha value is -3.58. The molecular formula is C24H22N2O4S. The van der Waals surface area contributed by atoms with E-state index in [1.165, 1.54) is 0 Å². The van der Waals surface area contributed by atoms with Crippen LogP contribution in [0.5, 0.6) is 5.75 Å². The summed E-state index contributed by atoms with van der Waals surface area (Å²) in [7, 11) is -2.33. The Morgan fingerprint density at radius 2 is 1.42 bits per heavy atom. The van der Waals surface area contributed by atoms with E-state index in [0.29, 0.717) is 17.0 Å². The quantitative estimate of drug-likeness (QED) is 0.429. The first-order valence-electron chi connectivity index (χ1n) is 9.67. The molecule has 7 heteroatoms. The van der Waals surface area contributed by atoms with Crippen LogP contribution in [0.4, 0.5) is 11.6 Å². The maximum atomic E-state index is 13.4. The highest BCUT2D eigenvalue weighted by Crippen LogP contribution is 2.34. The van der Waals surface area contributed by atoms with Gasteiger partial charge < -0.3 is 14.5 Å². The standard InChI is InChI=1S/C24H22N2O4S/c1-16-4-10-19(11-5-16)25-23-24(31(27,28)21-14-6-17(2)7-15-21)26-22(30-23)18-8-12-20(29-3)13-9-18/h4-15,25H,1-3H3. The van der Waals surface area contributed by atoms with Crippen molar-refractivity contribution in [2.45, 2.75) is 23.8 Å². The molecule has 31 heavy (non-hydrogen) atoms.